The Kier molecular flexibility index (Phi) is 5.19. The Hall–Kier alpha value is 0.0300. The maximum atomic E-state index is 5.43. The molecular weight excluding hydrogens is 120 g/mol. The van der Waals surface area contributed by atoms with E-state index < -0.39 is 0 Å². The zero-order chi connectivity index (χ0) is 6.41. The average molecular weight is 133 g/mol. The van der Waals surface area contributed by atoms with Gasteiger partial charge in [0.25, 0.3) is 0 Å². The first-order valence-corrected chi connectivity index (χ1v) is 3.50. The van der Waals surface area contributed by atoms with Gasteiger partial charge in [0, 0.05) is 5.54 Å². The highest BCUT2D eigenvalue weighted by molar-refractivity contribution is 6.25. The van der Waals surface area contributed by atoms with Crippen LogP contribution in [0.5, 0.6) is 0 Å². The largest absolute Gasteiger partial charge is 0.0930 e. The van der Waals surface area contributed by atoms with Crippen molar-refractivity contribution in [3.8, 4) is 0 Å². The summed E-state index contributed by atoms with van der Waals surface area (Å²) in [7, 11) is 0. The van der Waals surface area contributed by atoms with Crippen LogP contribution in [0.3, 0.4) is 0 Å². The van der Waals surface area contributed by atoms with Crippen LogP contribution in [0.1, 0.15) is 33.1 Å². The summed E-state index contributed by atoms with van der Waals surface area (Å²) in [6.45, 7) is 4.24. The summed E-state index contributed by atoms with van der Waals surface area (Å²) in [6, 6.07) is 0. The van der Waals surface area contributed by atoms with Crippen LogP contribution in [-0.2, 0) is 0 Å². The summed E-state index contributed by atoms with van der Waals surface area (Å²) in [4.78, 5) is 0. The van der Waals surface area contributed by atoms with Crippen LogP contribution >= 0.6 is 11.6 Å². The molecule has 0 aliphatic heterocycles. The molecule has 0 rings (SSSR count). The topological polar surface area (TPSA) is 0 Å². The van der Waals surface area contributed by atoms with Crippen molar-refractivity contribution in [2.24, 2.45) is 0 Å². The monoisotopic (exact) mass is 132 g/mol. The van der Waals surface area contributed by atoms with E-state index in [1.165, 1.54) is 18.4 Å². The molecule has 0 radical (unpaired) electrons. The van der Waals surface area contributed by atoms with Gasteiger partial charge in [-0.1, -0.05) is 30.5 Å². The van der Waals surface area contributed by atoms with E-state index in [1.807, 2.05) is 0 Å². The second-order valence-corrected chi connectivity index (χ2v) is 2.28. The van der Waals surface area contributed by atoms with Crippen LogP contribution in [-0.4, -0.2) is 0 Å². The maximum absolute atomic E-state index is 5.43. The molecule has 0 atom stereocenters. The smallest absolute Gasteiger partial charge is 0.00316 e. The van der Waals surface area contributed by atoms with Gasteiger partial charge in [-0.2, -0.15) is 0 Å². The van der Waals surface area contributed by atoms with Gasteiger partial charge in [-0.3, -0.25) is 0 Å². The fraction of sp³-hybridized carbons (Fsp3) is 0.714. The van der Waals surface area contributed by atoms with E-state index in [2.05, 4.69) is 13.8 Å². The summed E-state index contributed by atoms with van der Waals surface area (Å²) < 4.78 is 0. The second kappa shape index (κ2) is 5.17. The molecular formula is C7H13Cl. The third-order valence-corrected chi connectivity index (χ3v) is 1.48. The third kappa shape index (κ3) is 4.20. The van der Waals surface area contributed by atoms with Gasteiger partial charge in [0.1, 0.15) is 0 Å². The van der Waals surface area contributed by atoms with Crippen LogP contribution in [0.15, 0.2) is 11.1 Å². The minimum Gasteiger partial charge on any atom is -0.0930 e. The zero-order valence-electron chi connectivity index (χ0n) is 5.58. The van der Waals surface area contributed by atoms with E-state index in [9.17, 15) is 0 Å². The van der Waals surface area contributed by atoms with E-state index in [4.69, 9.17) is 11.6 Å². The van der Waals surface area contributed by atoms with Crippen molar-refractivity contribution >= 4 is 11.6 Å². The predicted octanol–water partition coefficient (Wildman–Crippen LogP) is 3.32. The first-order chi connectivity index (χ1) is 3.81. The summed E-state index contributed by atoms with van der Waals surface area (Å²) in [6.07, 6.45) is 3.66. The van der Waals surface area contributed by atoms with Crippen molar-refractivity contribution in [1.29, 1.82) is 0 Å². The lowest BCUT2D eigenvalue weighted by Gasteiger charge is -1.93. The lowest BCUT2D eigenvalue weighted by molar-refractivity contribution is 0.788. The molecule has 8 heavy (non-hydrogen) atoms. The number of allylic oxidation sites excluding steroid dienone is 1. The molecule has 0 saturated heterocycles. The van der Waals surface area contributed by atoms with Gasteiger partial charge in [0.05, 0.1) is 0 Å². The number of unbranched alkanes of at least 4 members (excludes halogenated alkanes) is 1. The molecule has 0 saturated carbocycles. The fourth-order valence-corrected chi connectivity index (χ4v) is 0.619. The van der Waals surface area contributed by atoms with Gasteiger partial charge in [0.15, 0.2) is 0 Å². The molecule has 0 nitrogen and oxygen atoms in total. The molecule has 1 heteroatoms. The normalized spacial score (nSPS) is 12.1. The molecule has 0 aromatic heterocycles. The van der Waals surface area contributed by atoms with Gasteiger partial charge < -0.3 is 0 Å². The average Bonchev–Trinajstić information content (AvgIpc) is 1.83. The van der Waals surface area contributed by atoms with Crippen molar-refractivity contribution in [2.45, 2.75) is 33.1 Å². The van der Waals surface area contributed by atoms with Crippen LogP contribution in [0.4, 0.5) is 0 Å². The van der Waals surface area contributed by atoms with E-state index in [1.54, 1.807) is 5.54 Å². The highest BCUT2D eigenvalue weighted by Gasteiger charge is 1.84. The molecule has 0 heterocycles. The maximum Gasteiger partial charge on any atom is 0.00316 e. The highest BCUT2D eigenvalue weighted by Crippen LogP contribution is 2.06. The Labute approximate surface area is 56.5 Å². The van der Waals surface area contributed by atoms with Crippen LogP contribution in [0.25, 0.3) is 0 Å². The first kappa shape index (κ1) is 8.03. The lowest BCUT2D eigenvalue weighted by Crippen LogP contribution is -1.73. The zero-order valence-corrected chi connectivity index (χ0v) is 6.33. The van der Waals surface area contributed by atoms with Crippen LogP contribution < -0.4 is 0 Å². The van der Waals surface area contributed by atoms with Crippen molar-refractivity contribution in [1.82, 2.24) is 0 Å². The van der Waals surface area contributed by atoms with E-state index in [0.717, 1.165) is 6.42 Å². The van der Waals surface area contributed by atoms with Crippen molar-refractivity contribution in [3.63, 3.8) is 0 Å². The summed E-state index contributed by atoms with van der Waals surface area (Å²) in [5, 5.41) is 0. The minimum atomic E-state index is 1.15. The standard InChI is InChI=1S/C7H13Cl/c1-3-4-5-7(2)6-8/h6H,3-5H2,1-2H3/b7-6-. The number of rotatable bonds is 3. The van der Waals surface area contributed by atoms with E-state index in [0.29, 0.717) is 0 Å². The first-order valence-electron chi connectivity index (χ1n) is 3.07. The second-order valence-electron chi connectivity index (χ2n) is 2.06. The van der Waals surface area contributed by atoms with Gasteiger partial charge in [-0.25, -0.2) is 0 Å². The van der Waals surface area contributed by atoms with Crippen molar-refractivity contribution in [3.05, 3.63) is 11.1 Å². The Bertz CT molecular complexity index is 74.5. The molecule has 0 amide bonds. The minimum absolute atomic E-state index is 1.15. The SMILES string of the molecule is CCCC/C(C)=C\Cl. The van der Waals surface area contributed by atoms with Gasteiger partial charge in [-0.15, -0.1) is 0 Å². The molecule has 48 valence electrons. The van der Waals surface area contributed by atoms with Crippen LogP contribution in [0, 0.1) is 0 Å². The molecule has 0 aliphatic carbocycles. The molecule has 0 N–H and O–H groups in total. The van der Waals surface area contributed by atoms with Gasteiger partial charge in [-0.05, 0) is 19.8 Å². The van der Waals surface area contributed by atoms with Crippen molar-refractivity contribution < 1.29 is 0 Å². The molecule has 0 aromatic rings. The summed E-state index contributed by atoms with van der Waals surface area (Å²) in [5.41, 5.74) is 2.95. The Morgan fingerprint density at radius 1 is 1.62 bits per heavy atom. The van der Waals surface area contributed by atoms with Crippen LogP contribution in [0.2, 0.25) is 0 Å². The molecule has 0 aliphatic rings. The molecule has 0 aromatic carbocycles. The van der Waals surface area contributed by atoms with E-state index >= 15 is 0 Å². The van der Waals surface area contributed by atoms with Gasteiger partial charge in [0.2, 0.25) is 0 Å². The Balaban J connectivity index is 3.12. The fourth-order valence-electron chi connectivity index (χ4n) is 0.510. The number of hydrogen-bond donors (Lipinski definition) is 0. The molecule has 0 spiro atoms. The Morgan fingerprint density at radius 3 is 2.62 bits per heavy atom. The molecule has 0 unspecified atom stereocenters. The Morgan fingerprint density at radius 2 is 2.25 bits per heavy atom. The lowest BCUT2D eigenvalue weighted by atomic mass is 10.2. The highest BCUT2D eigenvalue weighted by atomic mass is 35.5. The van der Waals surface area contributed by atoms with E-state index in [-0.39, 0.29) is 0 Å². The quantitative estimate of drug-likeness (QED) is 0.553. The number of hydrogen-bond acceptors (Lipinski definition) is 0. The summed E-state index contributed by atoms with van der Waals surface area (Å²) >= 11 is 5.43. The van der Waals surface area contributed by atoms with Gasteiger partial charge >= 0.3 is 0 Å². The van der Waals surface area contributed by atoms with Crippen molar-refractivity contribution in [2.75, 3.05) is 0 Å². The molecule has 0 fully saturated rings. The third-order valence-electron chi connectivity index (χ3n) is 1.11. The molecule has 0 bridgehead atoms. The summed E-state index contributed by atoms with van der Waals surface area (Å²) in [5.74, 6) is 0. The number of halogens is 1. The predicted molar refractivity (Wildman–Crippen MR) is 39.1 cm³/mol.